The molecule has 106 valence electrons. The lowest BCUT2D eigenvalue weighted by Gasteiger charge is -2.22. The van der Waals surface area contributed by atoms with E-state index in [2.05, 4.69) is 24.0 Å². The van der Waals surface area contributed by atoms with Crippen molar-refractivity contribution in [2.45, 2.75) is 40.2 Å². The lowest BCUT2D eigenvalue weighted by Crippen LogP contribution is -2.35. The van der Waals surface area contributed by atoms with Crippen LogP contribution < -0.4 is 5.73 Å². The van der Waals surface area contributed by atoms with Crippen LogP contribution in [0.1, 0.15) is 42.0 Å². The molecular weight excluding hydrogens is 240 g/mol. The summed E-state index contributed by atoms with van der Waals surface area (Å²) in [6.07, 6.45) is 0.802. The highest BCUT2D eigenvalue weighted by Gasteiger charge is 2.17. The lowest BCUT2D eigenvalue weighted by atomic mass is 10.0. The molecule has 1 aromatic rings. The maximum atomic E-state index is 12.3. The normalized spacial score (nSPS) is 12.6. The summed E-state index contributed by atoms with van der Waals surface area (Å²) in [7, 11) is 1.80. The van der Waals surface area contributed by atoms with Crippen molar-refractivity contribution in [3.63, 3.8) is 0 Å². The molecule has 1 rings (SSSR count). The van der Waals surface area contributed by atoms with E-state index in [1.54, 1.807) is 24.9 Å². The quantitative estimate of drug-likeness (QED) is 0.875. The van der Waals surface area contributed by atoms with Crippen LogP contribution in [0.25, 0.3) is 0 Å². The van der Waals surface area contributed by atoms with Crippen LogP contribution in [0.4, 0.5) is 0 Å². The Morgan fingerprint density at radius 2 is 2.00 bits per heavy atom. The SMILES string of the molecule is Cc1cc(C(=O)N(C)CCC(N)C(C)C)c(C)nn1. The van der Waals surface area contributed by atoms with Crippen molar-refractivity contribution in [3.05, 3.63) is 23.0 Å². The number of rotatable bonds is 5. The average molecular weight is 264 g/mol. The second-order valence-corrected chi connectivity index (χ2v) is 5.41. The predicted molar refractivity (Wildman–Crippen MR) is 75.9 cm³/mol. The minimum Gasteiger partial charge on any atom is -0.342 e. The van der Waals surface area contributed by atoms with Gasteiger partial charge in [0, 0.05) is 19.6 Å². The number of aryl methyl sites for hydroxylation is 2. The Labute approximate surface area is 115 Å². The highest BCUT2D eigenvalue weighted by Crippen LogP contribution is 2.10. The fraction of sp³-hybridized carbons (Fsp3) is 0.643. The molecule has 0 aliphatic carbocycles. The summed E-state index contributed by atoms with van der Waals surface area (Å²) in [4.78, 5) is 14.0. The van der Waals surface area contributed by atoms with Crippen LogP contribution in [-0.4, -0.2) is 40.6 Å². The maximum Gasteiger partial charge on any atom is 0.255 e. The summed E-state index contributed by atoms with van der Waals surface area (Å²) in [5, 5.41) is 7.92. The van der Waals surface area contributed by atoms with Crippen LogP contribution in [0.15, 0.2) is 6.07 Å². The van der Waals surface area contributed by atoms with Gasteiger partial charge in [-0.25, -0.2) is 0 Å². The third-order valence-corrected chi connectivity index (χ3v) is 3.33. The zero-order chi connectivity index (χ0) is 14.6. The van der Waals surface area contributed by atoms with Crippen molar-refractivity contribution in [1.29, 1.82) is 0 Å². The summed E-state index contributed by atoms with van der Waals surface area (Å²) in [6, 6.07) is 1.90. The largest absolute Gasteiger partial charge is 0.342 e. The van der Waals surface area contributed by atoms with Crippen molar-refractivity contribution < 1.29 is 4.79 Å². The zero-order valence-electron chi connectivity index (χ0n) is 12.5. The number of carbonyl (C=O) groups is 1. The molecule has 0 radical (unpaired) electrons. The van der Waals surface area contributed by atoms with Gasteiger partial charge in [0.15, 0.2) is 0 Å². The number of aromatic nitrogens is 2. The van der Waals surface area contributed by atoms with E-state index in [0.717, 1.165) is 12.1 Å². The van der Waals surface area contributed by atoms with Gasteiger partial charge in [-0.3, -0.25) is 4.79 Å². The van der Waals surface area contributed by atoms with E-state index in [9.17, 15) is 4.79 Å². The van der Waals surface area contributed by atoms with Crippen LogP contribution >= 0.6 is 0 Å². The molecule has 0 aliphatic heterocycles. The first kappa shape index (κ1) is 15.6. The topological polar surface area (TPSA) is 72.1 Å². The Morgan fingerprint density at radius 3 is 2.58 bits per heavy atom. The molecule has 0 bridgehead atoms. The predicted octanol–water partition coefficient (Wildman–Crippen LogP) is 1.54. The number of hydrogen-bond donors (Lipinski definition) is 1. The Morgan fingerprint density at radius 1 is 1.37 bits per heavy atom. The monoisotopic (exact) mass is 264 g/mol. The molecule has 5 heteroatoms. The third-order valence-electron chi connectivity index (χ3n) is 3.33. The van der Waals surface area contributed by atoms with E-state index in [1.165, 1.54) is 0 Å². The lowest BCUT2D eigenvalue weighted by molar-refractivity contribution is 0.0787. The van der Waals surface area contributed by atoms with Gasteiger partial charge in [0.2, 0.25) is 0 Å². The molecule has 0 fully saturated rings. The molecule has 5 nitrogen and oxygen atoms in total. The summed E-state index contributed by atoms with van der Waals surface area (Å²) in [5.41, 5.74) is 8.03. The standard InChI is InChI=1S/C14H24N4O/c1-9(2)13(15)6-7-18(5)14(19)12-8-10(3)16-17-11(12)4/h8-9,13H,6-7,15H2,1-5H3. The van der Waals surface area contributed by atoms with Crippen LogP contribution in [0, 0.1) is 19.8 Å². The Hall–Kier alpha value is -1.49. The third kappa shape index (κ3) is 4.28. The fourth-order valence-corrected chi connectivity index (χ4v) is 1.75. The van der Waals surface area contributed by atoms with E-state index < -0.39 is 0 Å². The molecule has 1 unspecified atom stereocenters. The number of amides is 1. The van der Waals surface area contributed by atoms with Gasteiger partial charge in [-0.1, -0.05) is 13.8 Å². The molecular formula is C14H24N4O. The minimum absolute atomic E-state index is 0.0218. The fourth-order valence-electron chi connectivity index (χ4n) is 1.75. The molecule has 0 saturated carbocycles. The highest BCUT2D eigenvalue weighted by molar-refractivity contribution is 5.95. The molecule has 1 heterocycles. The number of hydrogen-bond acceptors (Lipinski definition) is 4. The van der Waals surface area contributed by atoms with Crippen LogP contribution in [0.2, 0.25) is 0 Å². The highest BCUT2D eigenvalue weighted by atomic mass is 16.2. The average Bonchev–Trinajstić information content (AvgIpc) is 2.37. The van der Waals surface area contributed by atoms with Crippen LogP contribution in [0.5, 0.6) is 0 Å². The summed E-state index contributed by atoms with van der Waals surface area (Å²) in [5.74, 6) is 0.404. The molecule has 0 aliphatic rings. The molecule has 0 spiro atoms. The molecule has 1 atom stereocenters. The molecule has 1 aromatic heterocycles. The van der Waals surface area contributed by atoms with Gasteiger partial charge in [0.25, 0.3) is 5.91 Å². The van der Waals surface area contributed by atoms with Gasteiger partial charge < -0.3 is 10.6 Å². The Bertz CT molecular complexity index is 445. The van der Waals surface area contributed by atoms with Crippen LogP contribution in [-0.2, 0) is 0 Å². The molecule has 2 N–H and O–H groups in total. The van der Waals surface area contributed by atoms with Crippen molar-refractivity contribution in [2.24, 2.45) is 11.7 Å². The van der Waals surface area contributed by atoms with Gasteiger partial charge in [-0.15, -0.1) is 0 Å². The summed E-state index contributed by atoms with van der Waals surface area (Å²) >= 11 is 0. The van der Waals surface area contributed by atoms with E-state index in [-0.39, 0.29) is 11.9 Å². The summed E-state index contributed by atoms with van der Waals surface area (Å²) in [6.45, 7) is 8.46. The molecule has 19 heavy (non-hydrogen) atoms. The van der Waals surface area contributed by atoms with Crippen molar-refractivity contribution in [2.75, 3.05) is 13.6 Å². The second-order valence-electron chi connectivity index (χ2n) is 5.41. The summed E-state index contributed by atoms with van der Waals surface area (Å²) < 4.78 is 0. The molecule has 0 saturated heterocycles. The van der Waals surface area contributed by atoms with Crippen molar-refractivity contribution in [1.82, 2.24) is 15.1 Å². The van der Waals surface area contributed by atoms with E-state index in [0.29, 0.717) is 23.7 Å². The Balaban J connectivity index is 2.69. The Kier molecular flexibility index (Phi) is 5.42. The minimum atomic E-state index is -0.0218. The first-order valence-corrected chi connectivity index (χ1v) is 6.65. The number of carbonyl (C=O) groups excluding carboxylic acids is 1. The van der Waals surface area contributed by atoms with E-state index in [4.69, 9.17) is 5.73 Å². The van der Waals surface area contributed by atoms with Crippen LogP contribution in [0.3, 0.4) is 0 Å². The second kappa shape index (κ2) is 6.61. The van der Waals surface area contributed by atoms with E-state index in [1.807, 2.05) is 6.92 Å². The number of nitrogens with two attached hydrogens (primary N) is 1. The first-order chi connectivity index (χ1) is 8.82. The van der Waals surface area contributed by atoms with E-state index >= 15 is 0 Å². The zero-order valence-corrected chi connectivity index (χ0v) is 12.5. The van der Waals surface area contributed by atoms with Crippen molar-refractivity contribution in [3.8, 4) is 0 Å². The van der Waals surface area contributed by atoms with Crippen molar-refractivity contribution >= 4 is 5.91 Å². The molecule has 1 amide bonds. The van der Waals surface area contributed by atoms with Gasteiger partial charge >= 0.3 is 0 Å². The van der Waals surface area contributed by atoms with Gasteiger partial charge in [0.05, 0.1) is 17.0 Å². The molecule has 0 aromatic carbocycles. The number of nitrogens with zero attached hydrogens (tertiary/aromatic N) is 3. The first-order valence-electron chi connectivity index (χ1n) is 6.65. The smallest absolute Gasteiger partial charge is 0.255 e. The van der Waals surface area contributed by atoms with Gasteiger partial charge in [-0.05, 0) is 32.3 Å². The van der Waals surface area contributed by atoms with Gasteiger partial charge in [0.1, 0.15) is 0 Å². The maximum absolute atomic E-state index is 12.3. The van der Waals surface area contributed by atoms with Gasteiger partial charge in [-0.2, -0.15) is 10.2 Å².